The highest BCUT2D eigenvalue weighted by atomic mass is 32.2. The molecule has 2 aromatic rings. The number of nitrogens with zero attached hydrogens (tertiary/aromatic N) is 1. The van der Waals surface area contributed by atoms with E-state index >= 15 is 0 Å². The lowest BCUT2D eigenvalue weighted by atomic mass is 10.1. The monoisotopic (exact) mass is 410 g/mol. The van der Waals surface area contributed by atoms with Crippen molar-refractivity contribution in [1.29, 1.82) is 5.41 Å². The van der Waals surface area contributed by atoms with Crippen molar-refractivity contribution in [3.8, 4) is 5.75 Å². The van der Waals surface area contributed by atoms with Crippen LogP contribution in [-0.2, 0) is 22.7 Å². The fourth-order valence-electron chi connectivity index (χ4n) is 2.69. The number of aryl methyl sites for hydroxylation is 1. The molecule has 0 atom stereocenters. The Hall–Kier alpha value is -2.52. The molecular formula is C19H17F3N2O3S. The van der Waals surface area contributed by atoms with E-state index in [1.807, 2.05) is 25.1 Å². The van der Waals surface area contributed by atoms with Gasteiger partial charge in [-0.25, -0.2) is 0 Å². The predicted molar refractivity (Wildman–Crippen MR) is 100 cm³/mol. The zero-order valence-corrected chi connectivity index (χ0v) is 15.7. The summed E-state index contributed by atoms with van der Waals surface area (Å²) in [6.45, 7) is 2.27. The summed E-state index contributed by atoms with van der Waals surface area (Å²) in [6, 6.07) is 11.0. The maximum atomic E-state index is 12.2. The number of benzene rings is 2. The number of carbonyl (C=O) groups excluding carboxylic acids is 1. The summed E-state index contributed by atoms with van der Waals surface area (Å²) in [5.41, 5.74) is 3.01. The largest absolute Gasteiger partial charge is 0.573 e. The number of amidine groups is 1. The van der Waals surface area contributed by atoms with E-state index < -0.39 is 6.36 Å². The Morgan fingerprint density at radius 2 is 1.86 bits per heavy atom. The van der Waals surface area contributed by atoms with Gasteiger partial charge in [0.2, 0.25) is 5.91 Å². The van der Waals surface area contributed by atoms with Gasteiger partial charge in [-0.15, -0.1) is 13.2 Å². The standard InChI is InChI=1S/C19H17F3N2O3S/c1-12-2-5-14(16(8-12)24-17(25)11-28-18(24)23)10-26-9-13-3-6-15(7-4-13)27-19(20,21)22/h2-8,23H,9-11H2,1H3. The van der Waals surface area contributed by atoms with Crippen molar-refractivity contribution in [2.75, 3.05) is 10.7 Å². The minimum Gasteiger partial charge on any atom is -0.406 e. The average Bonchev–Trinajstić information content (AvgIpc) is 2.95. The van der Waals surface area contributed by atoms with Gasteiger partial charge in [-0.3, -0.25) is 15.1 Å². The van der Waals surface area contributed by atoms with E-state index in [0.717, 1.165) is 11.1 Å². The number of hydrogen-bond acceptors (Lipinski definition) is 5. The van der Waals surface area contributed by atoms with E-state index in [9.17, 15) is 18.0 Å². The zero-order valence-electron chi connectivity index (χ0n) is 14.9. The van der Waals surface area contributed by atoms with E-state index in [2.05, 4.69) is 4.74 Å². The molecule has 0 aliphatic carbocycles. The fraction of sp³-hybridized carbons (Fsp3) is 0.263. The molecule has 0 bridgehead atoms. The molecule has 1 fully saturated rings. The molecule has 1 aliphatic rings. The molecule has 148 valence electrons. The van der Waals surface area contributed by atoms with E-state index in [0.29, 0.717) is 11.3 Å². The highest BCUT2D eigenvalue weighted by Gasteiger charge is 2.31. The van der Waals surface area contributed by atoms with Gasteiger partial charge in [-0.05, 0) is 36.2 Å². The molecule has 0 saturated carbocycles. The van der Waals surface area contributed by atoms with Gasteiger partial charge in [0.15, 0.2) is 5.17 Å². The highest BCUT2D eigenvalue weighted by Crippen LogP contribution is 2.30. The Balaban J connectivity index is 1.65. The number of hydrogen-bond donors (Lipinski definition) is 1. The first-order chi connectivity index (χ1) is 13.2. The SMILES string of the molecule is Cc1ccc(COCc2ccc(OC(F)(F)F)cc2)c(N2C(=N)SCC2=O)c1. The predicted octanol–water partition coefficient (Wildman–Crippen LogP) is 4.62. The van der Waals surface area contributed by atoms with Gasteiger partial charge in [0.05, 0.1) is 24.7 Å². The van der Waals surface area contributed by atoms with Crippen LogP contribution in [0.2, 0.25) is 0 Å². The maximum Gasteiger partial charge on any atom is 0.573 e. The van der Waals surface area contributed by atoms with Crippen molar-refractivity contribution < 1.29 is 27.4 Å². The summed E-state index contributed by atoms with van der Waals surface area (Å²) in [5, 5.41) is 8.15. The summed E-state index contributed by atoms with van der Waals surface area (Å²) in [4.78, 5) is 13.5. The number of ether oxygens (including phenoxy) is 2. The summed E-state index contributed by atoms with van der Waals surface area (Å²) in [6.07, 6.45) is -4.72. The topological polar surface area (TPSA) is 62.6 Å². The van der Waals surface area contributed by atoms with Crippen LogP contribution < -0.4 is 9.64 Å². The third-order valence-corrected chi connectivity index (χ3v) is 4.80. The highest BCUT2D eigenvalue weighted by molar-refractivity contribution is 8.15. The molecule has 3 rings (SSSR count). The van der Waals surface area contributed by atoms with Gasteiger partial charge in [0.1, 0.15) is 5.75 Å². The van der Waals surface area contributed by atoms with Crippen molar-refractivity contribution in [3.63, 3.8) is 0 Å². The molecule has 1 heterocycles. The summed E-state index contributed by atoms with van der Waals surface area (Å²) in [7, 11) is 0. The second kappa shape index (κ2) is 8.24. The van der Waals surface area contributed by atoms with Crippen LogP contribution in [0.3, 0.4) is 0 Å². The minimum atomic E-state index is -4.72. The van der Waals surface area contributed by atoms with Gasteiger partial charge in [-0.2, -0.15) is 0 Å². The van der Waals surface area contributed by atoms with Crippen molar-refractivity contribution in [2.45, 2.75) is 26.5 Å². The summed E-state index contributed by atoms with van der Waals surface area (Å²) < 4.78 is 46.1. The fourth-order valence-corrected chi connectivity index (χ4v) is 3.41. The number of halogens is 3. The smallest absolute Gasteiger partial charge is 0.406 e. The van der Waals surface area contributed by atoms with Crippen LogP contribution in [0.4, 0.5) is 18.9 Å². The van der Waals surface area contributed by atoms with Crippen LogP contribution in [0.1, 0.15) is 16.7 Å². The van der Waals surface area contributed by atoms with Gasteiger partial charge < -0.3 is 9.47 Å². The van der Waals surface area contributed by atoms with E-state index in [1.54, 1.807) is 0 Å². The molecule has 0 aromatic heterocycles. The van der Waals surface area contributed by atoms with Gasteiger partial charge >= 0.3 is 6.36 Å². The molecule has 0 unspecified atom stereocenters. The molecule has 1 amide bonds. The molecular weight excluding hydrogens is 393 g/mol. The third-order valence-electron chi connectivity index (χ3n) is 3.95. The number of rotatable bonds is 6. The number of alkyl halides is 3. The number of thioether (sulfide) groups is 1. The number of nitrogens with one attached hydrogen (secondary N) is 1. The minimum absolute atomic E-state index is 0.151. The van der Waals surface area contributed by atoms with Crippen molar-refractivity contribution in [3.05, 3.63) is 59.2 Å². The Morgan fingerprint density at radius 1 is 1.14 bits per heavy atom. The number of anilines is 1. The lowest BCUT2D eigenvalue weighted by Crippen LogP contribution is -2.29. The van der Waals surface area contributed by atoms with Crippen LogP contribution in [0.15, 0.2) is 42.5 Å². The van der Waals surface area contributed by atoms with Gasteiger partial charge in [-0.1, -0.05) is 36.0 Å². The van der Waals surface area contributed by atoms with Crippen LogP contribution in [0, 0.1) is 12.3 Å². The van der Waals surface area contributed by atoms with Crippen molar-refractivity contribution in [2.24, 2.45) is 0 Å². The lowest BCUT2D eigenvalue weighted by Gasteiger charge is -2.20. The second-order valence-electron chi connectivity index (χ2n) is 6.14. The van der Waals surface area contributed by atoms with Crippen molar-refractivity contribution in [1.82, 2.24) is 0 Å². The second-order valence-corrected chi connectivity index (χ2v) is 7.10. The number of carbonyl (C=O) groups is 1. The Bertz CT molecular complexity index is 869. The molecule has 0 radical (unpaired) electrons. The maximum absolute atomic E-state index is 12.2. The first-order valence-electron chi connectivity index (χ1n) is 8.29. The summed E-state index contributed by atoms with van der Waals surface area (Å²) in [5.74, 6) is -0.206. The Labute approximate surface area is 163 Å². The molecule has 9 heteroatoms. The molecule has 28 heavy (non-hydrogen) atoms. The molecule has 1 aliphatic heterocycles. The quantitative estimate of drug-likeness (QED) is 0.755. The van der Waals surface area contributed by atoms with E-state index in [-0.39, 0.29) is 35.8 Å². The molecule has 0 spiro atoms. The normalized spacial score (nSPS) is 14.6. The van der Waals surface area contributed by atoms with Crippen molar-refractivity contribution >= 4 is 28.5 Å². The molecule has 1 saturated heterocycles. The van der Waals surface area contributed by atoms with Gasteiger partial charge in [0, 0.05) is 5.56 Å². The Kier molecular flexibility index (Phi) is 5.95. The molecule has 1 N–H and O–H groups in total. The van der Waals surface area contributed by atoms with Crippen LogP contribution >= 0.6 is 11.8 Å². The molecule has 5 nitrogen and oxygen atoms in total. The third kappa shape index (κ3) is 5.05. The first-order valence-corrected chi connectivity index (χ1v) is 9.28. The zero-order chi connectivity index (χ0) is 20.3. The van der Waals surface area contributed by atoms with E-state index in [1.165, 1.54) is 40.9 Å². The van der Waals surface area contributed by atoms with Gasteiger partial charge in [0.25, 0.3) is 0 Å². The first kappa shape index (κ1) is 20.2. The molecule has 2 aromatic carbocycles. The van der Waals surface area contributed by atoms with Crippen LogP contribution in [0.25, 0.3) is 0 Å². The van der Waals surface area contributed by atoms with Crippen LogP contribution in [-0.4, -0.2) is 23.2 Å². The lowest BCUT2D eigenvalue weighted by molar-refractivity contribution is -0.274. The number of amides is 1. The Morgan fingerprint density at radius 3 is 2.46 bits per heavy atom. The summed E-state index contributed by atoms with van der Waals surface area (Å²) >= 11 is 1.18. The van der Waals surface area contributed by atoms with E-state index in [4.69, 9.17) is 10.1 Å². The average molecular weight is 410 g/mol. The van der Waals surface area contributed by atoms with Crippen LogP contribution in [0.5, 0.6) is 5.75 Å².